The van der Waals surface area contributed by atoms with Crippen LogP contribution in [0, 0.1) is 0 Å². The number of nitrogens with one attached hydrogen (secondary N) is 1. The highest BCUT2D eigenvalue weighted by molar-refractivity contribution is 8.13. The Hall–Kier alpha value is 0.170. The summed E-state index contributed by atoms with van der Waals surface area (Å²) in [5.41, 5.74) is 0. The van der Waals surface area contributed by atoms with E-state index in [1.807, 2.05) is 23.5 Å². The monoisotopic (exact) mass is 204 g/mol. The SMILES string of the molecule is CSC(C)CNC1=NCCCS1. The minimum Gasteiger partial charge on any atom is -0.364 e. The van der Waals surface area contributed by atoms with Crippen LogP contribution < -0.4 is 5.32 Å². The third kappa shape index (κ3) is 3.72. The topological polar surface area (TPSA) is 24.4 Å². The minimum atomic E-state index is 0.676. The van der Waals surface area contributed by atoms with Gasteiger partial charge in [-0.3, -0.25) is 4.99 Å². The van der Waals surface area contributed by atoms with Crippen LogP contribution in [0.4, 0.5) is 0 Å². The quantitative estimate of drug-likeness (QED) is 0.759. The van der Waals surface area contributed by atoms with E-state index in [9.17, 15) is 0 Å². The van der Waals surface area contributed by atoms with Gasteiger partial charge in [-0.2, -0.15) is 11.8 Å². The van der Waals surface area contributed by atoms with Crippen molar-refractivity contribution >= 4 is 28.7 Å². The molecule has 1 unspecified atom stereocenters. The highest BCUT2D eigenvalue weighted by Crippen LogP contribution is 2.11. The number of aliphatic imine (C=N–C) groups is 1. The Balaban J connectivity index is 2.17. The molecule has 0 aromatic rings. The Morgan fingerprint density at radius 1 is 1.75 bits per heavy atom. The van der Waals surface area contributed by atoms with E-state index >= 15 is 0 Å². The van der Waals surface area contributed by atoms with E-state index in [0.29, 0.717) is 5.25 Å². The van der Waals surface area contributed by atoms with Gasteiger partial charge >= 0.3 is 0 Å². The van der Waals surface area contributed by atoms with Crippen molar-refractivity contribution in [1.29, 1.82) is 0 Å². The first-order valence-corrected chi connectivity index (χ1v) is 6.54. The summed E-state index contributed by atoms with van der Waals surface area (Å²) in [6, 6.07) is 0. The lowest BCUT2D eigenvalue weighted by atomic mass is 10.5. The summed E-state index contributed by atoms with van der Waals surface area (Å²) in [5, 5.41) is 5.18. The second-order valence-corrected chi connectivity index (χ2v) is 5.18. The molecule has 70 valence electrons. The van der Waals surface area contributed by atoms with Crippen LogP contribution in [0.3, 0.4) is 0 Å². The molecule has 0 saturated carbocycles. The van der Waals surface area contributed by atoms with Crippen LogP contribution in [0.1, 0.15) is 13.3 Å². The van der Waals surface area contributed by atoms with Crippen molar-refractivity contribution in [3.63, 3.8) is 0 Å². The lowest BCUT2D eigenvalue weighted by molar-refractivity contribution is 0.846. The Morgan fingerprint density at radius 2 is 2.58 bits per heavy atom. The van der Waals surface area contributed by atoms with Crippen molar-refractivity contribution in [3.05, 3.63) is 0 Å². The van der Waals surface area contributed by atoms with Gasteiger partial charge in [0.15, 0.2) is 5.17 Å². The first-order valence-electron chi connectivity index (χ1n) is 4.27. The molecule has 0 radical (unpaired) electrons. The van der Waals surface area contributed by atoms with Gasteiger partial charge in [0.05, 0.1) is 0 Å². The summed E-state index contributed by atoms with van der Waals surface area (Å²) < 4.78 is 0. The van der Waals surface area contributed by atoms with Gasteiger partial charge in [-0.15, -0.1) is 0 Å². The van der Waals surface area contributed by atoms with Crippen molar-refractivity contribution in [2.24, 2.45) is 4.99 Å². The highest BCUT2D eigenvalue weighted by Gasteiger charge is 2.06. The molecule has 12 heavy (non-hydrogen) atoms. The molecule has 1 rings (SSSR count). The molecular formula is C8H16N2S2. The van der Waals surface area contributed by atoms with Gasteiger partial charge in [-0.25, -0.2) is 0 Å². The van der Waals surface area contributed by atoms with Gasteiger partial charge in [0.25, 0.3) is 0 Å². The molecule has 1 heterocycles. The fraction of sp³-hybridized carbons (Fsp3) is 0.875. The number of amidine groups is 1. The van der Waals surface area contributed by atoms with Gasteiger partial charge in [0.2, 0.25) is 0 Å². The Labute approximate surface area is 83.0 Å². The second kappa shape index (κ2) is 5.75. The zero-order valence-corrected chi connectivity index (χ0v) is 9.30. The molecule has 0 fully saturated rings. The summed E-state index contributed by atoms with van der Waals surface area (Å²) in [6.07, 6.45) is 3.37. The summed E-state index contributed by atoms with van der Waals surface area (Å²) in [5.74, 6) is 1.22. The molecule has 0 amide bonds. The van der Waals surface area contributed by atoms with Crippen LogP contribution in [0.2, 0.25) is 0 Å². The predicted molar refractivity (Wildman–Crippen MR) is 60.4 cm³/mol. The van der Waals surface area contributed by atoms with Gasteiger partial charge in [-0.1, -0.05) is 18.7 Å². The number of thioether (sulfide) groups is 2. The first kappa shape index (κ1) is 10.3. The van der Waals surface area contributed by atoms with E-state index in [-0.39, 0.29) is 0 Å². The Bertz CT molecular complexity index is 159. The molecule has 1 aliphatic rings. The summed E-state index contributed by atoms with van der Waals surface area (Å²) in [7, 11) is 0. The van der Waals surface area contributed by atoms with E-state index in [1.54, 1.807) is 0 Å². The molecular weight excluding hydrogens is 188 g/mol. The third-order valence-electron chi connectivity index (χ3n) is 1.74. The average Bonchev–Trinajstić information content (AvgIpc) is 2.16. The lowest BCUT2D eigenvalue weighted by Crippen LogP contribution is -2.29. The zero-order chi connectivity index (χ0) is 8.81. The summed E-state index contributed by atoms with van der Waals surface area (Å²) in [6.45, 7) is 4.27. The Morgan fingerprint density at radius 3 is 3.17 bits per heavy atom. The van der Waals surface area contributed by atoms with Crippen LogP contribution in [0.25, 0.3) is 0 Å². The molecule has 2 nitrogen and oxygen atoms in total. The predicted octanol–water partition coefficient (Wildman–Crippen LogP) is 1.82. The van der Waals surface area contributed by atoms with Crippen LogP contribution in [-0.2, 0) is 0 Å². The third-order valence-corrected chi connectivity index (χ3v) is 3.75. The zero-order valence-electron chi connectivity index (χ0n) is 7.67. The van der Waals surface area contributed by atoms with Gasteiger partial charge in [0.1, 0.15) is 0 Å². The smallest absolute Gasteiger partial charge is 0.156 e. The van der Waals surface area contributed by atoms with Gasteiger partial charge < -0.3 is 5.32 Å². The van der Waals surface area contributed by atoms with Gasteiger partial charge in [-0.05, 0) is 12.7 Å². The van der Waals surface area contributed by atoms with Gasteiger partial charge in [0, 0.05) is 24.1 Å². The maximum atomic E-state index is 4.39. The van der Waals surface area contributed by atoms with Crippen molar-refractivity contribution in [1.82, 2.24) is 5.32 Å². The standard InChI is InChI=1S/C8H16N2S2/c1-7(11-2)6-10-8-9-4-3-5-12-8/h7H,3-6H2,1-2H3,(H,9,10). The molecule has 0 aromatic carbocycles. The molecule has 1 atom stereocenters. The second-order valence-electron chi connectivity index (χ2n) is 2.82. The first-order chi connectivity index (χ1) is 5.83. The number of rotatable bonds is 3. The van der Waals surface area contributed by atoms with Crippen LogP contribution in [0.5, 0.6) is 0 Å². The maximum Gasteiger partial charge on any atom is 0.156 e. The van der Waals surface area contributed by atoms with Crippen LogP contribution in [-0.4, -0.2) is 35.5 Å². The largest absolute Gasteiger partial charge is 0.364 e. The lowest BCUT2D eigenvalue weighted by Gasteiger charge is -2.15. The molecule has 1 N–H and O–H groups in total. The Kier molecular flexibility index (Phi) is 4.92. The van der Waals surface area contributed by atoms with Crippen molar-refractivity contribution in [3.8, 4) is 0 Å². The summed E-state index contributed by atoms with van der Waals surface area (Å²) >= 11 is 3.73. The molecule has 0 bridgehead atoms. The molecule has 0 spiro atoms. The fourth-order valence-electron chi connectivity index (χ4n) is 0.881. The van der Waals surface area contributed by atoms with E-state index in [1.165, 1.54) is 12.2 Å². The van der Waals surface area contributed by atoms with Crippen LogP contribution >= 0.6 is 23.5 Å². The number of nitrogens with zero attached hydrogens (tertiary/aromatic N) is 1. The van der Waals surface area contributed by atoms with Crippen molar-refractivity contribution in [2.75, 3.05) is 25.1 Å². The van der Waals surface area contributed by atoms with Crippen molar-refractivity contribution in [2.45, 2.75) is 18.6 Å². The van der Waals surface area contributed by atoms with Crippen LogP contribution in [0.15, 0.2) is 4.99 Å². The molecule has 0 aromatic heterocycles. The minimum absolute atomic E-state index is 0.676. The average molecular weight is 204 g/mol. The highest BCUT2D eigenvalue weighted by atomic mass is 32.2. The van der Waals surface area contributed by atoms with E-state index in [4.69, 9.17) is 0 Å². The van der Waals surface area contributed by atoms with E-state index in [0.717, 1.165) is 18.3 Å². The molecule has 0 saturated heterocycles. The summed E-state index contributed by atoms with van der Waals surface area (Å²) in [4.78, 5) is 4.39. The molecule has 1 aliphatic heterocycles. The van der Waals surface area contributed by atoms with Crippen molar-refractivity contribution < 1.29 is 0 Å². The normalized spacial score (nSPS) is 20.0. The number of hydrogen-bond donors (Lipinski definition) is 1. The van der Waals surface area contributed by atoms with E-state index < -0.39 is 0 Å². The number of hydrogen-bond acceptors (Lipinski definition) is 4. The maximum absolute atomic E-state index is 4.39. The fourth-order valence-corrected chi connectivity index (χ4v) is 1.97. The molecule has 0 aliphatic carbocycles. The molecule has 4 heteroatoms. The van der Waals surface area contributed by atoms with E-state index in [2.05, 4.69) is 23.5 Å².